The zero-order valence-corrected chi connectivity index (χ0v) is 13.4. The molecular weight excluding hydrogens is 304 g/mol. The van der Waals surface area contributed by atoms with E-state index in [9.17, 15) is 0 Å². The lowest BCUT2D eigenvalue weighted by Gasteiger charge is -2.35. The summed E-state index contributed by atoms with van der Waals surface area (Å²) >= 11 is 3.56. The first-order valence-electron chi connectivity index (χ1n) is 7.06. The second kappa shape index (κ2) is 7.15. The van der Waals surface area contributed by atoms with E-state index in [1.807, 2.05) is 6.07 Å². The Morgan fingerprint density at radius 2 is 2.26 bits per heavy atom. The summed E-state index contributed by atoms with van der Waals surface area (Å²) < 4.78 is 6.42. The predicted molar refractivity (Wildman–Crippen MR) is 84.2 cm³/mol. The van der Waals surface area contributed by atoms with Crippen LogP contribution in [0.25, 0.3) is 0 Å². The first-order chi connectivity index (χ1) is 9.22. The molecule has 0 saturated carbocycles. The Morgan fingerprint density at radius 1 is 1.42 bits per heavy atom. The SMILES string of the molecule is CCCNC1CCCN(c2cc(Br)cc(OC)c2)C1. The molecule has 0 spiro atoms. The molecule has 1 N–H and O–H groups in total. The molecule has 1 aliphatic heterocycles. The van der Waals surface area contributed by atoms with Crippen molar-refractivity contribution < 1.29 is 4.74 Å². The average Bonchev–Trinajstić information content (AvgIpc) is 2.44. The molecule has 1 fully saturated rings. The molecule has 0 aliphatic carbocycles. The standard InChI is InChI=1S/C15H23BrN2O/c1-3-6-17-13-5-4-7-18(11-13)14-8-12(16)9-15(10-14)19-2/h8-10,13,17H,3-7,11H2,1-2H3. The molecule has 3 nitrogen and oxygen atoms in total. The van der Waals surface area contributed by atoms with Crippen LogP contribution < -0.4 is 15.0 Å². The number of piperidine rings is 1. The van der Waals surface area contributed by atoms with E-state index in [0.717, 1.165) is 29.9 Å². The van der Waals surface area contributed by atoms with E-state index in [-0.39, 0.29) is 0 Å². The van der Waals surface area contributed by atoms with Gasteiger partial charge in [0.15, 0.2) is 0 Å². The zero-order valence-electron chi connectivity index (χ0n) is 11.8. The second-order valence-electron chi connectivity index (χ2n) is 5.09. The summed E-state index contributed by atoms with van der Waals surface area (Å²) in [6, 6.07) is 6.90. The van der Waals surface area contributed by atoms with Crippen LogP contribution in [0.4, 0.5) is 5.69 Å². The lowest BCUT2D eigenvalue weighted by Crippen LogP contribution is -2.46. The molecule has 1 heterocycles. The fraction of sp³-hybridized carbons (Fsp3) is 0.600. The molecule has 1 aromatic carbocycles. The van der Waals surface area contributed by atoms with Crippen LogP contribution >= 0.6 is 15.9 Å². The highest BCUT2D eigenvalue weighted by Crippen LogP contribution is 2.29. The second-order valence-corrected chi connectivity index (χ2v) is 6.00. The van der Waals surface area contributed by atoms with Gasteiger partial charge in [0.1, 0.15) is 5.75 Å². The number of nitrogens with one attached hydrogen (secondary N) is 1. The van der Waals surface area contributed by atoms with Crippen molar-refractivity contribution in [3.05, 3.63) is 22.7 Å². The molecule has 0 radical (unpaired) electrons. The predicted octanol–water partition coefficient (Wildman–Crippen LogP) is 3.43. The Bertz CT molecular complexity index is 411. The first-order valence-corrected chi connectivity index (χ1v) is 7.85. The quantitative estimate of drug-likeness (QED) is 0.897. The molecule has 4 heteroatoms. The van der Waals surface area contributed by atoms with E-state index >= 15 is 0 Å². The van der Waals surface area contributed by atoms with E-state index < -0.39 is 0 Å². The number of rotatable bonds is 5. The van der Waals surface area contributed by atoms with Gasteiger partial charge in [-0.3, -0.25) is 0 Å². The summed E-state index contributed by atoms with van der Waals surface area (Å²) in [5.41, 5.74) is 1.24. The van der Waals surface area contributed by atoms with Gasteiger partial charge in [0.2, 0.25) is 0 Å². The first kappa shape index (κ1) is 14.7. The minimum atomic E-state index is 0.610. The summed E-state index contributed by atoms with van der Waals surface area (Å²) in [4.78, 5) is 2.45. The van der Waals surface area contributed by atoms with Crippen molar-refractivity contribution in [2.45, 2.75) is 32.2 Å². The number of benzene rings is 1. The Labute approximate surface area is 124 Å². The number of hydrogen-bond acceptors (Lipinski definition) is 3. The van der Waals surface area contributed by atoms with Gasteiger partial charge in [0.25, 0.3) is 0 Å². The van der Waals surface area contributed by atoms with E-state index in [2.05, 4.69) is 45.2 Å². The number of halogens is 1. The highest BCUT2D eigenvalue weighted by molar-refractivity contribution is 9.10. The molecule has 0 aromatic heterocycles. The minimum absolute atomic E-state index is 0.610. The molecule has 1 aliphatic rings. The largest absolute Gasteiger partial charge is 0.497 e. The molecule has 2 rings (SSSR count). The maximum Gasteiger partial charge on any atom is 0.122 e. The molecule has 1 unspecified atom stereocenters. The molecule has 19 heavy (non-hydrogen) atoms. The van der Waals surface area contributed by atoms with Crippen LogP contribution in [0.2, 0.25) is 0 Å². The van der Waals surface area contributed by atoms with Gasteiger partial charge in [-0.1, -0.05) is 22.9 Å². The normalized spacial score (nSPS) is 19.5. The molecule has 106 valence electrons. The van der Waals surface area contributed by atoms with E-state index in [4.69, 9.17) is 4.74 Å². The summed E-state index contributed by atoms with van der Waals surface area (Å²) in [5.74, 6) is 0.910. The summed E-state index contributed by atoms with van der Waals surface area (Å²) in [7, 11) is 1.72. The Kier molecular flexibility index (Phi) is 5.52. The van der Waals surface area contributed by atoms with Crippen molar-refractivity contribution in [3.63, 3.8) is 0 Å². The molecule has 0 amide bonds. The monoisotopic (exact) mass is 326 g/mol. The van der Waals surface area contributed by atoms with Gasteiger partial charge in [-0.05, 0) is 37.9 Å². The molecule has 1 aromatic rings. The topological polar surface area (TPSA) is 24.5 Å². The van der Waals surface area contributed by atoms with Crippen molar-refractivity contribution >= 4 is 21.6 Å². The molecular formula is C15H23BrN2O. The van der Waals surface area contributed by atoms with Gasteiger partial charge in [-0.2, -0.15) is 0 Å². The maximum absolute atomic E-state index is 5.35. The van der Waals surface area contributed by atoms with Gasteiger partial charge in [0.05, 0.1) is 7.11 Å². The Morgan fingerprint density at radius 3 is 3.00 bits per heavy atom. The third-order valence-corrected chi connectivity index (χ3v) is 4.02. The number of methoxy groups -OCH3 is 1. The van der Waals surface area contributed by atoms with Crippen molar-refractivity contribution in [2.75, 3.05) is 31.6 Å². The summed E-state index contributed by atoms with van der Waals surface area (Å²) in [6.45, 7) is 5.54. The smallest absolute Gasteiger partial charge is 0.122 e. The molecule has 1 atom stereocenters. The minimum Gasteiger partial charge on any atom is -0.497 e. The maximum atomic E-state index is 5.35. The number of hydrogen-bond donors (Lipinski definition) is 1. The van der Waals surface area contributed by atoms with Gasteiger partial charge in [-0.25, -0.2) is 0 Å². The van der Waals surface area contributed by atoms with Gasteiger partial charge in [-0.15, -0.1) is 0 Å². The van der Waals surface area contributed by atoms with Crippen LogP contribution in [0.5, 0.6) is 5.75 Å². The van der Waals surface area contributed by atoms with Crippen molar-refractivity contribution in [3.8, 4) is 5.75 Å². The van der Waals surface area contributed by atoms with Crippen LogP contribution in [-0.4, -0.2) is 32.8 Å². The van der Waals surface area contributed by atoms with Gasteiger partial charge >= 0.3 is 0 Å². The lowest BCUT2D eigenvalue weighted by atomic mass is 10.0. The summed E-state index contributed by atoms with van der Waals surface area (Å²) in [5, 5.41) is 3.63. The van der Waals surface area contributed by atoms with Crippen LogP contribution in [0.3, 0.4) is 0 Å². The lowest BCUT2D eigenvalue weighted by molar-refractivity contribution is 0.411. The molecule has 1 saturated heterocycles. The summed E-state index contributed by atoms with van der Waals surface area (Å²) in [6.07, 6.45) is 3.72. The van der Waals surface area contributed by atoms with Crippen LogP contribution in [-0.2, 0) is 0 Å². The van der Waals surface area contributed by atoms with Gasteiger partial charge in [0, 0.05) is 35.4 Å². The number of anilines is 1. The van der Waals surface area contributed by atoms with E-state index in [1.165, 1.54) is 24.9 Å². The van der Waals surface area contributed by atoms with Crippen molar-refractivity contribution in [1.82, 2.24) is 5.32 Å². The fourth-order valence-electron chi connectivity index (χ4n) is 2.58. The zero-order chi connectivity index (χ0) is 13.7. The number of nitrogens with zero attached hydrogens (tertiary/aromatic N) is 1. The van der Waals surface area contributed by atoms with Crippen LogP contribution in [0, 0.1) is 0 Å². The highest BCUT2D eigenvalue weighted by Gasteiger charge is 2.20. The van der Waals surface area contributed by atoms with Crippen LogP contribution in [0.15, 0.2) is 22.7 Å². The third-order valence-electron chi connectivity index (χ3n) is 3.56. The third kappa shape index (κ3) is 4.11. The van der Waals surface area contributed by atoms with Crippen LogP contribution in [0.1, 0.15) is 26.2 Å². The molecule has 0 bridgehead atoms. The fourth-order valence-corrected chi connectivity index (χ4v) is 3.04. The van der Waals surface area contributed by atoms with Crippen molar-refractivity contribution in [2.24, 2.45) is 0 Å². The Hall–Kier alpha value is -0.740. The number of ether oxygens (including phenoxy) is 1. The Balaban J connectivity index is 2.06. The highest BCUT2D eigenvalue weighted by atomic mass is 79.9. The van der Waals surface area contributed by atoms with E-state index in [1.54, 1.807) is 7.11 Å². The van der Waals surface area contributed by atoms with Crippen molar-refractivity contribution in [1.29, 1.82) is 0 Å². The average molecular weight is 327 g/mol. The van der Waals surface area contributed by atoms with Gasteiger partial charge < -0.3 is 15.0 Å². The van der Waals surface area contributed by atoms with E-state index in [0.29, 0.717) is 6.04 Å².